The Kier molecular flexibility index (Phi) is 5.93. The molecular formula is C25H28N2O5. The smallest absolute Gasteiger partial charge is 0.295 e. The van der Waals surface area contributed by atoms with Gasteiger partial charge < -0.3 is 24.4 Å². The molecule has 32 heavy (non-hydrogen) atoms. The Balaban J connectivity index is 1.80. The summed E-state index contributed by atoms with van der Waals surface area (Å²) in [6, 6.07) is 11.9. The van der Waals surface area contributed by atoms with E-state index in [0.29, 0.717) is 24.4 Å². The van der Waals surface area contributed by atoms with E-state index >= 15 is 0 Å². The Morgan fingerprint density at radius 3 is 2.56 bits per heavy atom. The first kappa shape index (κ1) is 21.9. The Hall–Kier alpha value is -3.32. The summed E-state index contributed by atoms with van der Waals surface area (Å²) in [7, 11) is 5.40. The lowest BCUT2D eigenvalue weighted by Gasteiger charge is -2.26. The van der Waals surface area contributed by atoms with Crippen molar-refractivity contribution in [3.63, 3.8) is 0 Å². The van der Waals surface area contributed by atoms with Crippen molar-refractivity contribution in [1.82, 2.24) is 9.80 Å². The number of Topliss-reactive ketones (excluding diaryl/α,β-unsaturated/α-hetero) is 1. The number of carbonyl (C=O) groups is 2. The van der Waals surface area contributed by atoms with E-state index in [1.807, 2.05) is 44.1 Å². The molecule has 1 saturated heterocycles. The first-order valence-corrected chi connectivity index (χ1v) is 10.7. The van der Waals surface area contributed by atoms with E-state index in [-0.39, 0.29) is 17.4 Å². The highest BCUT2D eigenvalue weighted by molar-refractivity contribution is 6.46. The van der Waals surface area contributed by atoms with Crippen LogP contribution in [0.25, 0.3) is 5.76 Å². The van der Waals surface area contributed by atoms with Crippen LogP contribution in [-0.2, 0) is 16.0 Å². The number of ketones is 1. The standard InChI is InChI=1S/C25H28N2O5/c1-15-13-18-14-17(7-10-20(18)32-15)23(28)21-22(16-5-8-19(31-4)9-6-16)27(12-11-26(2)3)25(30)24(21)29/h5-10,14-15,22,28H,11-13H2,1-4H3/b23-21+/t15-,22+/m0/s1. The average Bonchev–Trinajstić information content (AvgIpc) is 3.27. The zero-order chi connectivity index (χ0) is 23.0. The quantitative estimate of drug-likeness (QED) is 0.426. The number of likely N-dealkylation sites (N-methyl/N-ethyl adjacent to an activating group) is 1. The predicted molar refractivity (Wildman–Crippen MR) is 121 cm³/mol. The predicted octanol–water partition coefficient (Wildman–Crippen LogP) is 3.00. The van der Waals surface area contributed by atoms with Gasteiger partial charge in [0.2, 0.25) is 0 Å². The fraction of sp³-hybridized carbons (Fsp3) is 0.360. The highest BCUT2D eigenvalue weighted by Gasteiger charge is 2.46. The molecule has 7 nitrogen and oxygen atoms in total. The molecule has 0 bridgehead atoms. The van der Waals surface area contributed by atoms with Crippen molar-refractivity contribution in [3.05, 3.63) is 64.7 Å². The molecule has 1 N–H and O–H groups in total. The van der Waals surface area contributed by atoms with Crippen LogP contribution in [0.3, 0.4) is 0 Å². The molecule has 2 aliphatic heterocycles. The lowest BCUT2D eigenvalue weighted by molar-refractivity contribution is -0.140. The number of benzene rings is 2. The molecule has 7 heteroatoms. The van der Waals surface area contributed by atoms with Crippen LogP contribution in [0, 0.1) is 0 Å². The van der Waals surface area contributed by atoms with E-state index in [1.54, 1.807) is 31.4 Å². The lowest BCUT2D eigenvalue weighted by Crippen LogP contribution is -2.35. The molecule has 0 aliphatic carbocycles. The van der Waals surface area contributed by atoms with Crippen LogP contribution >= 0.6 is 0 Å². The van der Waals surface area contributed by atoms with E-state index in [9.17, 15) is 14.7 Å². The summed E-state index contributed by atoms with van der Waals surface area (Å²) in [6.07, 6.45) is 0.800. The number of methoxy groups -OCH3 is 1. The van der Waals surface area contributed by atoms with E-state index in [2.05, 4.69) is 0 Å². The monoisotopic (exact) mass is 436 g/mol. The van der Waals surface area contributed by atoms with Crippen LogP contribution in [0.5, 0.6) is 11.5 Å². The van der Waals surface area contributed by atoms with Crippen LogP contribution < -0.4 is 9.47 Å². The molecule has 0 saturated carbocycles. The maximum Gasteiger partial charge on any atom is 0.295 e. The Bertz CT molecular complexity index is 1070. The number of likely N-dealkylation sites (tertiary alicyclic amines) is 1. The summed E-state index contributed by atoms with van der Waals surface area (Å²) in [5, 5.41) is 11.2. The van der Waals surface area contributed by atoms with Crippen molar-refractivity contribution in [2.24, 2.45) is 0 Å². The molecular weight excluding hydrogens is 408 g/mol. The van der Waals surface area contributed by atoms with Crippen molar-refractivity contribution in [2.45, 2.75) is 25.5 Å². The SMILES string of the molecule is COc1ccc([C@@H]2/C(=C(\O)c3ccc4c(c3)C[C@H](C)O4)C(=O)C(=O)N2CCN(C)C)cc1. The van der Waals surface area contributed by atoms with Crippen molar-refractivity contribution >= 4 is 17.4 Å². The molecule has 2 aromatic rings. The van der Waals surface area contributed by atoms with Gasteiger partial charge in [-0.1, -0.05) is 12.1 Å². The fourth-order valence-corrected chi connectivity index (χ4v) is 4.28. The summed E-state index contributed by atoms with van der Waals surface area (Å²) in [5.74, 6) is 0.0114. The molecule has 2 aliphatic rings. The van der Waals surface area contributed by atoms with Crippen LogP contribution in [0.4, 0.5) is 0 Å². The zero-order valence-corrected chi connectivity index (χ0v) is 18.8. The van der Waals surface area contributed by atoms with Gasteiger partial charge in [-0.05, 0) is 62.5 Å². The Morgan fingerprint density at radius 2 is 1.91 bits per heavy atom. The van der Waals surface area contributed by atoms with Gasteiger partial charge in [0.25, 0.3) is 11.7 Å². The highest BCUT2D eigenvalue weighted by Crippen LogP contribution is 2.40. The minimum atomic E-state index is -0.677. The number of nitrogens with zero attached hydrogens (tertiary/aromatic N) is 2. The number of aliphatic hydroxyl groups is 1. The van der Waals surface area contributed by atoms with Gasteiger partial charge in [0.15, 0.2) is 0 Å². The van der Waals surface area contributed by atoms with Crippen molar-refractivity contribution in [2.75, 3.05) is 34.3 Å². The maximum absolute atomic E-state index is 13.1. The summed E-state index contributed by atoms with van der Waals surface area (Å²) in [5.41, 5.74) is 2.32. The summed E-state index contributed by atoms with van der Waals surface area (Å²) in [6.45, 7) is 2.94. The van der Waals surface area contributed by atoms with Gasteiger partial charge in [0, 0.05) is 25.1 Å². The minimum absolute atomic E-state index is 0.0679. The fourth-order valence-electron chi connectivity index (χ4n) is 4.28. The number of hydrogen-bond acceptors (Lipinski definition) is 6. The van der Waals surface area contributed by atoms with E-state index in [4.69, 9.17) is 9.47 Å². The van der Waals surface area contributed by atoms with Gasteiger partial charge in [0.05, 0.1) is 18.7 Å². The van der Waals surface area contributed by atoms with Gasteiger partial charge in [-0.3, -0.25) is 9.59 Å². The summed E-state index contributed by atoms with van der Waals surface area (Å²) < 4.78 is 11.0. The Morgan fingerprint density at radius 1 is 1.19 bits per heavy atom. The number of amides is 1. The summed E-state index contributed by atoms with van der Waals surface area (Å²) >= 11 is 0. The summed E-state index contributed by atoms with van der Waals surface area (Å²) in [4.78, 5) is 29.6. The van der Waals surface area contributed by atoms with Crippen molar-refractivity contribution in [3.8, 4) is 11.5 Å². The molecule has 2 heterocycles. The van der Waals surface area contributed by atoms with Gasteiger partial charge in [0.1, 0.15) is 23.4 Å². The van der Waals surface area contributed by atoms with Crippen LogP contribution in [0.2, 0.25) is 0 Å². The van der Waals surface area contributed by atoms with Crippen LogP contribution in [0.1, 0.15) is 29.7 Å². The van der Waals surface area contributed by atoms with E-state index in [0.717, 1.165) is 23.3 Å². The largest absolute Gasteiger partial charge is 0.507 e. The second-order valence-corrected chi connectivity index (χ2v) is 8.52. The first-order chi connectivity index (χ1) is 15.3. The molecule has 2 aromatic carbocycles. The van der Waals surface area contributed by atoms with Crippen LogP contribution in [0.15, 0.2) is 48.0 Å². The van der Waals surface area contributed by atoms with E-state index in [1.165, 1.54) is 4.90 Å². The molecule has 1 amide bonds. The van der Waals surface area contributed by atoms with Gasteiger partial charge in [-0.25, -0.2) is 0 Å². The number of aliphatic hydroxyl groups excluding tert-OH is 1. The molecule has 2 atom stereocenters. The zero-order valence-electron chi connectivity index (χ0n) is 18.8. The molecule has 4 rings (SSSR count). The van der Waals surface area contributed by atoms with Gasteiger partial charge in [-0.2, -0.15) is 0 Å². The number of fused-ring (bicyclic) bond motifs is 1. The average molecular weight is 437 g/mol. The normalized spacial score (nSPS) is 21.7. The first-order valence-electron chi connectivity index (χ1n) is 10.7. The number of carbonyl (C=O) groups excluding carboxylic acids is 2. The third kappa shape index (κ3) is 3.96. The Labute approximate surface area is 187 Å². The number of hydrogen-bond donors (Lipinski definition) is 1. The number of rotatable bonds is 6. The molecule has 1 fully saturated rings. The van der Waals surface area contributed by atoms with E-state index < -0.39 is 17.7 Å². The number of ether oxygens (including phenoxy) is 2. The minimum Gasteiger partial charge on any atom is -0.507 e. The van der Waals surface area contributed by atoms with Gasteiger partial charge in [-0.15, -0.1) is 0 Å². The molecule has 0 radical (unpaired) electrons. The molecule has 0 spiro atoms. The van der Waals surface area contributed by atoms with Crippen molar-refractivity contribution < 1.29 is 24.2 Å². The van der Waals surface area contributed by atoms with Gasteiger partial charge >= 0.3 is 0 Å². The van der Waals surface area contributed by atoms with Crippen molar-refractivity contribution in [1.29, 1.82) is 0 Å². The lowest BCUT2D eigenvalue weighted by atomic mass is 9.94. The van der Waals surface area contributed by atoms with Crippen LogP contribution in [-0.4, -0.2) is 67.0 Å². The maximum atomic E-state index is 13.1. The third-order valence-electron chi connectivity index (χ3n) is 5.93. The second kappa shape index (κ2) is 8.67. The molecule has 168 valence electrons. The second-order valence-electron chi connectivity index (χ2n) is 8.52. The topological polar surface area (TPSA) is 79.3 Å². The molecule has 0 aromatic heterocycles. The highest BCUT2D eigenvalue weighted by atomic mass is 16.5. The third-order valence-corrected chi connectivity index (χ3v) is 5.93. The molecule has 0 unspecified atom stereocenters.